The molecule has 0 saturated heterocycles. The van der Waals surface area contributed by atoms with Crippen LogP contribution in [0.25, 0.3) is 0 Å². The fraction of sp³-hybridized carbons (Fsp3) is 0. The predicted octanol–water partition coefficient (Wildman–Crippen LogP) is -0.528. The van der Waals surface area contributed by atoms with Gasteiger partial charge in [-0.3, -0.25) is 10.1 Å². The summed E-state index contributed by atoms with van der Waals surface area (Å²) >= 11 is 0. The van der Waals surface area contributed by atoms with E-state index in [1.54, 1.807) is 0 Å². The van der Waals surface area contributed by atoms with Crippen molar-refractivity contribution in [3.63, 3.8) is 0 Å². The number of rotatable bonds is 1. The zero-order valence-electron chi connectivity index (χ0n) is 6.65. The van der Waals surface area contributed by atoms with Crippen molar-refractivity contribution in [1.82, 2.24) is 10.3 Å². The molecule has 13 heavy (non-hydrogen) atoms. The minimum Gasteiger partial charge on any atom is -0.383 e. The van der Waals surface area contributed by atoms with Crippen molar-refractivity contribution in [2.75, 3.05) is 5.73 Å². The first kappa shape index (κ1) is 8.98. The Morgan fingerprint density at radius 3 is 2.69 bits per heavy atom. The summed E-state index contributed by atoms with van der Waals surface area (Å²) in [4.78, 5) is 25.1. The molecule has 0 aliphatic heterocycles. The number of nitrogens with zero attached hydrogens (tertiary/aromatic N) is 1. The van der Waals surface area contributed by atoms with E-state index in [-0.39, 0.29) is 11.4 Å². The molecular weight excluding hydrogens is 172 g/mol. The van der Waals surface area contributed by atoms with Gasteiger partial charge in [-0.2, -0.15) is 0 Å². The van der Waals surface area contributed by atoms with Crippen LogP contribution >= 0.6 is 0 Å². The number of anilines is 1. The number of hydrogen-bond donors (Lipinski definition) is 3. The van der Waals surface area contributed by atoms with Gasteiger partial charge in [-0.1, -0.05) is 0 Å². The second-order valence-corrected chi connectivity index (χ2v) is 2.25. The lowest BCUT2D eigenvalue weighted by molar-refractivity contribution is 0.0967. The van der Waals surface area contributed by atoms with Gasteiger partial charge >= 0.3 is 6.03 Å². The first-order chi connectivity index (χ1) is 6.11. The van der Waals surface area contributed by atoms with Crippen molar-refractivity contribution in [2.24, 2.45) is 5.73 Å². The summed E-state index contributed by atoms with van der Waals surface area (Å²) in [6, 6.07) is 2.06. The number of nitrogens with two attached hydrogens (primary N) is 2. The molecule has 5 N–H and O–H groups in total. The number of carbonyl (C=O) groups excluding carboxylic acids is 2. The second-order valence-electron chi connectivity index (χ2n) is 2.25. The average molecular weight is 180 g/mol. The van der Waals surface area contributed by atoms with Crippen LogP contribution in [0.4, 0.5) is 10.6 Å². The summed E-state index contributed by atoms with van der Waals surface area (Å²) in [5.41, 5.74) is 10.2. The quantitative estimate of drug-likeness (QED) is 0.539. The van der Waals surface area contributed by atoms with E-state index < -0.39 is 11.9 Å². The van der Waals surface area contributed by atoms with E-state index >= 15 is 0 Å². The first-order valence-corrected chi connectivity index (χ1v) is 3.42. The molecule has 1 rings (SSSR count). The molecule has 6 heteroatoms. The molecule has 0 radical (unpaired) electrons. The molecule has 1 aromatic heterocycles. The molecule has 0 unspecified atom stereocenters. The van der Waals surface area contributed by atoms with Crippen LogP contribution in [0.3, 0.4) is 0 Å². The largest absolute Gasteiger partial charge is 0.383 e. The van der Waals surface area contributed by atoms with Gasteiger partial charge in [-0.05, 0) is 12.1 Å². The molecule has 0 aromatic carbocycles. The molecule has 0 spiro atoms. The third-order valence-corrected chi connectivity index (χ3v) is 1.32. The highest BCUT2D eigenvalue weighted by Crippen LogP contribution is 2.05. The number of pyridine rings is 1. The normalized spacial score (nSPS) is 9.23. The van der Waals surface area contributed by atoms with E-state index in [4.69, 9.17) is 11.5 Å². The molecule has 0 aliphatic carbocycles. The van der Waals surface area contributed by atoms with Crippen molar-refractivity contribution in [3.8, 4) is 0 Å². The maximum atomic E-state index is 11.1. The van der Waals surface area contributed by atoms with Gasteiger partial charge in [-0.25, -0.2) is 9.78 Å². The smallest absolute Gasteiger partial charge is 0.319 e. The molecule has 0 aliphatic rings. The SMILES string of the molecule is NC(=O)NC(=O)c1cccnc1N. The van der Waals surface area contributed by atoms with Crippen LogP contribution in [0.2, 0.25) is 0 Å². The maximum Gasteiger partial charge on any atom is 0.319 e. The van der Waals surface area contributed by atoms with Crippen LogP contribution in [0.15, 0.2) is 18.3 Å². The van der Waals surface area contributed by atoms with Crippen LogP contribution in [0, 0.1) is 0 Å². The zero-order valence-corrected chi connectivity index (χ0v) is 6.65. The lowest BCUT2D eigenvalue weighted by atomic mass is 10.2. The topological polar surface area (TPSA) is 111 Å². The van der Waals surface area contributed by atoms with E-state index in [0.717, 1.165) is 0 Å². The van der Waals surface area contributed by atoms with Crippen LogP contribution in [-0.2, 0) is 0 Å². The van der Waals surface area contributed by atoms with E-state index in [1.807, 2.05) is 5.32 Å². The Hall–Kier alpha value is -2.11. The zero-order chi connectivity index (χ0) is 9.84. The summed E-state index contributed by atoms with van der Waals surface area (Å²) in [5.74, 6) is -0.598. The molecule has 68 valence electrons. The number of urea groups is 1. The minimum atomic E-state index is -0.923. The van der Waals surface area contributed by atoms with Gasteiger partial charge in [0.15, 0.2) is 0 Å². The van der Waals surface area contributed by atoms with Crippen molar-refractivity contribution in [1.29, 1.82) is 0 Å². The summed E-state index contributed by atoms with van der Waals surface area (Å²) in [7, 11) is 0. The monoisotopic (exact) mass is 180 g/mol. The molecule has 0 bridgehead atoms. The van der Waals surface area contributed by atoms with Gasteiger partial charge in [0.05, 0.1) is 5.56 Å². The third kappa shape index (κ3) is 2.16. The van der Waals surface area contributed by atoms with Crippen molar-refractivity contribution >= 4 is 17.8 Å². The number of nitrogens with one attached hydrogen (secondary N) is 1. The van der Waals surface area contributed by atoms with Gasteiger partial charge in [0.25, 0.3) is 5.91 Å². The molecule has 3 amide bonds. The van der Waals surface area contributed by atoms with E-state index in [2.05, 4.69) is 4.98 Å². The van der Waals surface area contributed by atoms with Gasteiger partial charge in [0.2, 0.25) is 0 Å². The van der Waals surface area contributed by atoms with Gasteiger partial charge < -0.3 is 11.5 Å². The highest BCUT2D eigenvalue weighted by atomic mass is 16.2. The van der Waals surface area contributed by atoms with Crippen molar-refractivity contribution in [2.45, 2.75) is 0 Å². The fourth-order valence-electron chi connectivity index (χ4n) is 0.789. The van der Waals surface area contributed by atoms with Crippen molar-refractivity contribution < 1.29 is 9.59 Å². The van der Waals surface area contributed by atoms with E-state index in [9.17, 15) is 9.59 Å². The van der Waals surface area contributed by atoms with Crippen LogP contribution in [0.5, 0.6) is 0 Å². The Morgan fingerprint density at radius 1 is 1.46 bits per heavy atom. The van der Waals surface area contributed by atoms with Crippen molar-refractivity contribution in [3.05, 3.63) is 23.9 Å². The molecule has 6 nitrogen and oxygen atoms in total. The number of imide groups is 1. The second kappa shape index (κ2) is 3.53. The standard InChI is InChI=1S/C7H8N4O2/c8-5-4(2-1-3-10-5)6(12)11-7(9)13/h1-3H,(H2,8,10)(H3,9,11,12,13). The third-order valence-electron chi connectivity index (χ3n) is 1.32. The molecule has 0 saturated carbocycles. The Labute approximate surface area is 73.9 Å². The number of hydrogen-bond acceptors (Lipinski definition) is 4. The number of amides is 3. The van der Waals surface area contributed by atoms with Gasteiger partial charge in [0.1, 0.15) is 5.82 Å². The fourth-order valence-corrected chi connectivity index (χ4v) is 0.789. The predicted molar refractivity (Wildman–Crippen MR) is 45.7 cm³/mol. The molecule has 0 atom stereocenters. The van der Waals surface area contributed by atoms with E-state index in [0.29, 0.717) is 0 Å². The number of nitrogen functional groups attached to an aromatic ring is 1. The number of aromatic nitrogens is 1. The Kier molecular flexibility index (Phi) is 2.44. The molecule has 0 fully saturated rings. The summed E-state index contributed by atoms with van der Waals surface area (Å²) in [5, 5.41) is 1.88. The first-order valence-electron chi connectivity index (χ1n) is 3.42. The van der Waals surface area contributed by atoms with Gasteiger partial charge in [0, 0.05) is 6.20 Å². The summed E-state index contributed by atoms with van der Waals surface area (Å²) < 4.78 is 0. The highest BCUT2D eigenvalue weighted by molar-refractivity contribution is 6.06. The van der Waals surface area contributed by atoms with E-state index in [1.165, 1.54) is 18.3 Å². The van der Waals surface area contributed by atoms with Crippen LogP contribution < -0.4 is 16.8 Å². The van der Waals surface area contributed by atoms with Crippen LogP contribution in [-0.4, -0.2) is 16.9 Å². The molecule has 1 aromatic rings. The molecule has 1 heterocycles. The molecular formula is C7H8N4O2. The average Bonchev–Trinajstić information content (AvgIpc) is 2.03. The van der Waals surface area contributed by atoms with Crippen LogP contribution in [0.1, 0.15) is 10.4 Å². The Bertz CT molecular complexity index is 350. The highest BCUT2D eigenvalue weighted by Gasteiger charge is 2.10. The Balaban J connectivity index is 2.89. The summed E-state index contributed by atoms with van der Waals surface area (Å²) in [6.07, 6.45) is 1.44. The maximum absolute atomic E-state index is 11.1. The lowest BCUT2D eigenvalue weighted by Crippen LogP contribution is -2.35. The Morgan fingerprint density at radius 2 is 2.15 bits per heavy atom. The summed E-state index contributed by atoms with van der Waals surface area (Å²) in [6.45, 7) is 0. The lowest BCUT2D eigenvalue weighted by Gasteiger charge is -2.02. The minimum absolute atomic E-state index is 0.0567. The van der Waals surface area contributed by atoms with Gasteiger partial charge in [-0.15, -0.1) is 0 Å². The number of primary amides is 1. The number of carbonyl (C=O) groups is 2.